The third-order valence-electron chi connectivity index (χ3n) is 7.64. The van der Waals surface area contributed by atoms with E-state index in [2.05, 4.69) is 4.98 Å². The van der Waals surface area contributed by atoms with Crippen molar-refractivity contribution < 1.29 is 34.7 Å². The number of thioether (sulfide) groups is 1. The number of amides is 1. The van der Waals surface area contributed by atoms with E-state index < -0.39 is 83.6 Å². The van der Waals surface area contributed by atoms with Crippen LogP contribution in [0.3, 0.4) is 0 Å². The number of benzene rings is 3. The summed E-state index contributed by atoms with van der Waals surface area (Å²) < 4.78 is 135. The Morgan fingerprint density at radius 2 is 1.58 bits per heavy atom. The van der Waals surface area contributed by atoms with Gasteiger partial charge in [-0.25, -0.2) is 4.39 Å². The van der Waals surface area contributed by atoms with Gasteiger partial charge in [-0.3, -0.25) is 9.59 Å². The molecule has 6 nitrogen and oxygen atoms in total. The van der Waals surface area contributed by atoms with Crippen LogP contribution in [0.2, 0.25) is 0 Å². The van der Waals surface area contributed by atoms with Crippen molar-refractivity contribution in [3.8, 4) is 11.1 Å². The molecule has 1 heterocycles. The van der Waals surface area contributed by atoms with Gasteiger partial charge in [-0.05, 0) is 78.2 Å². The topological polar surface area (TPSA) is 58.4 Å². The van der Waals surface area contributed by atoms with Gasteiger partial charge in [0.15, 0.2) is 5.16 Å². The predicted octanol–water partition coefficient (Wildman–Crippen LogP) is 7.47. The second kappa shape index (κ2) is 15.5. The van der Waals surface area contributed by atoms with E-state index in [0.717, 1.165) is 31.2 Å². The Hall–Kier alpha value is -3.96. The molecule has 3 aromatic carbocycles. The largest absolute Gasteiger partial charge is 0.416 e. The fourth-order valence-electron chi connectivity index (χ4n) is 4.95. The number of carbonyl (C=O) groups excluding carboxylic acids is 1. The van der Waals surface area contributed by atoms with Crippen LogP contribution in [-0.4, -0.2) is 51.4 Å². The van der Waals surface area contributed by atoms with Gasteiger partial charge in [0, 0.05) is 43.5 Å². The lowest BCUT2D eigenvalue weighted by Gasteiger charge is -2.28. The number of alkyl halides is 3. The van der Waals surface area contributed by atoms with E-state index in [1.807, 2.05) is 18.7 Å². The van der Waals surface area contributed by atoms with Crippen molar-refractivity contribution in [3.05, 3.63) is 117 Å². The molecule has 1 atom stereocenters. The fourth-order valence-corrected chi connectivity index (χ4v) is 5.85. The molecule has 1 aliphatic rings. The molecule has 0 spiro atoms. The SMILES string of the molecule is [2H]C([2H])(c1ccc(-c2ccc(C(F)(F)F)cc2)cc1)N(CCN(CC)CC)C(=O)C([2H])([2H])n1c(SCc2ccc(F)cc2)nc(=O)c2c1C([2H])([2H])C([2H])(C)C2([2H])[2H]. The molecule has 0 saturated carbocycles. The highest BCUT2D eigenvalue weighted by molar-refractivity contribution is 7.98. The third-order valence-corrected chi connectivity index (χ3v) is 8.65. The van der Waals surface area contributed by atoms with Crippen molar-refractivity contribution in [2.24, 2.45) is 5.89 Å². The number of nitrogens with zero attached hydrogens (tertiary/aromatic N) is 4. The average Bonchev–Trinajstić information content (AvgIpc) is 3.25. The number of rotatable bonds is 13. The van der Waals surface area contributed by atoms with Crippen LogP contribution in [0, 0.1) is 11.7 Å². The summed E-state index contributed by atoms with van der Waals surface area (Å²) in [6.07, 6.45) is -10.7. The van der Waals surface area contributed by atoms with E-state index in [9.17, 15) is 32.6 Å². The van der Waals surface area contributed by atoms with Gasteiger partial charge in [-0.15, -0.1) is 0 Å². The zero-order valence-electron chi connectivity index (χ0n) is 35.5. The smallest absolute Gasteiger partial charge is 0.336 e. The lowest BCUT2D eigenvalue weighted by Crippen LogP contribution is -2.40. The lowest BCUT2D eigenvalue weighted by molar-refractivity contribution is -0.137. The number of hydrogen-bond donors (Lipinski definition) is 0. The first-order valence-corrected chi connectivity index (χ1v) is 16.2. The minimum Gasteiger partial charge on any atom is -0.336 e. The molecule has 48 heavy (non-hydrogen) atoms. The zero-order chi connectivity index (χ0) is 42.5. The van der Waals surface area contributed by atoms with Crippen molar-refractivity contribution in [1.82, 2.24) is 19.4 Å². The molecular formula is C37H40F4N4O2S. The van der Waals surface area contributed by atoms with Gasteiger partial charge in [0.2, 0.25) is 5.91 Å². The third kappa shape index (κ3) is 8.73. The Morgan fingerprint density at radius 1 is 0.979 bits per heavy atom. The Labute approximate surface area is 295 Å². The number of carbonyl (C=O) groups is 1. The number of hydrogen-bond acceptors (Lipinski definition) is 5. The van der Waals surface area contributed by atoms with Crippen LogP contribution in [0.15, 0.2) is 82.7 Å². The Morgan fingerprint density at radius 3 is 2.19 bits per heavy atom. The standard InChI is InChI=1S/C37H40F4N4O2S/c1-4-43(5-2)18-19-44(22-26-6-10-28(11-7-26)29-12-14-30(15-13-29)37(39,40)41)34(46)23-45-33-21-25(3)20-32(33)35(47)42-36(45)48-24-27-8-16-31(38)17-9-27/h6-17,25H,4-5,18-24H2,1-3H3/i20D2,21D2,22D2,23D2,25D. The molecule has 0 fully saturated rings. The normalized spacial score (nSPS) is 21.4. The molecule has 1 aliphatic carbocycles. The van der Waals surface area contributed by atoms with E-state index >= 15 is 0 Å². The Balaban J connectivity index is 1.65. The van der Waals surface area contributed by atoms with E-state index in [1.165, 1.54) is 48.5 Å². The first kappa shape index (κ1) is 25.1. The maximum absolute atomic E-state index is 14.8. The van der Waals surface area contributed by atoms with E-state index in [0.29, 0.717) is 51.0 Å². The first-order valence-electron chi connectivity index (χ1n) is 19.7. The summed E-state index contributed by atoms with van der Waals surface area (Å²) in [5.41, 5.74) is -2.88. The minimum atomic E-state index is -4.55. The van der Waals surface area contributed by atoms with Gasteiger partial charge >= 0.3 is 6.18 Å². The minimum absolute atomic E-state index is 0.0544. The maximum atomic E-state index is 14.8. The van der Waals surface area contributed by atoms with Gasteiger partial charge in [-0.2, -0.15) is 18.2 Å². The van der Waals surface area contributed by atoms with Crippen LogP contribution in [-0.2, 0) is 42.5 Å². The average molecular weight is 690 g/mol. The molecule has 11 heteroatoms. The molecule has 0 saturated heterocycles. The predicted molar refractivity (Wildman–Crippen MR) is 181 cm³/mol. The summed E-state index contributed by atoms with van der Waals surface area (Å²) in [4.78, 5) is 34.7. The van der Waals surface area contributed by atoms with Crippen molar-refractivity contribution in [2.75, 3.05) is 26.2 Å². The summed E-state index contributed by atoms with van der Waals surface area (Å²) in [5, 5.41) is -0.566. The maximum Gasteiger partial charge on any atom is 0.416 e. The number of fused-ring (bicyclic) bond motifs is 1. The number of aromatic nitrogens is 2. The van der Waals surface area contributed by atoms with Crippen LogP contribution in [0.1, 0.15) is 61.1 Å². The van der Waals surface area contributed by atoms with Gasteiger partial charge in [0.25, 0.3) is 5.56 Å². The highest BCUT2D eigenvalue weighted by Crippen LogP contribution is 2.32. The van der Waals surface area contributed by atoms with Gasteiger partial charge in [0.05, 0.1) is 11.0 Å². The van der Waals surface area contributed by atoms with Crippen molar-refractivity contribution in [3.63, 3.8) is 0 Å². The first-order chi connectivity index (χ1) is 26.3. The molecule has 5 rings (SSSR count). The Bertz CT molecular complexity index is 2160. The van der Waals surface area contributed by atoms with Gasteiger partial charge in [-0.1, -0.05) is 81.1 Å². The summed E-state index contributed by atoms with van der Waals surface area (Å²) in [7, 11) is 0. The molecule has 0 radical (unpaired) electrons. The summed E-state index contributed by atoms with van der Waals surface area (Å²) >= 11 is 0.678. The second-order valence-electron chi connectivity index (χ2n) is 10.9. The van der Waals surface area contributed by atoms with Crippen LogP contribution < -0.4 is 5.56 Å². The molecule has 1 amide bonds. The molecule has 254 valence electrons. The Kier molecular flexibility index (Phi) is 8.10. The van der Waals surface area contributed by atoms with E-state index in [1.54, 1.807) is 0 Å². The van der Waals surface area contributed by atoms with Crippen molar-refractivity contribution >= 4 is 17.7 Å². The number of likely N-dealkylation sites (N-methyl/N-ethyl adjacent to an activating group) is 1. The van der Waals surface area contributed by atoms with E-state index in [4.69, 9.17) is 6.85 Å². The quantitative estimate of drug-likeness (QED) is 0.0829. The van der Waals surface area contributed by atoms with Gasteiger partial charge in [0.1, 0.15) is 12.3 Å². The van der Waals surface area contributed by atoms with Gasteiger partial charge < -0.3 is 14.4 Å². The van der Waals surface area contributed by atoms with Crippen molar-refractivity contribution in [1.29, 1.82) is 0 Å². The molecule has 1 aromatic heterocycles. The lowest BCUT2D eigenvalue weighted by atomic mass is 10.0. The van der Waals surface area contributed by atoms with Crippen LogP contribution in [0.4, 0.5) is 17.6 Å². The van der Waals surface area contributed by atoms with Crippen LogP contribution in [0.25, 0.3) is 11.1 Å². The monoisotopic (exact) mass is 689 g/mol. The molecular weight excluding hydrogens is 640 g/mol. The van der Waals surface area contributed by atoms with E-state index in [-0.39, 0.29) is 17.9 Å². The summed E-state index contributed by atoms with van der Waals surface area (Å²) in [6.45, 7) is -1.09. The van der Waals surface area contributed by atoms with Crippen LogP contribution >= 0.6 is 11.8 Å². The molecule has 0 aliphatic heterocycles. The highest BCUT2D eigenvalue weighted by atomic mass is 32.2. The van der Waals surface area contributed by atoms with Crippen LogP contribution in [0.5, 0.6) is 0 Å². The molecule has 0 N–H and O–H groups in total. The molecule has 4 aromatic rings. The number of halogens is 4. The highest BCUT2D eigenvalue weighted by Gasteiger charge is 2.30. The summed E-state index contributed by atoms with van der Waals surface area (Å²) in [6, 6.07) is 14.9. The van der Waals surface area contributed by atoms with Crippen molar-refractivity contribution in [2.45, 2.75) is 63.6 Å². The second-order valence-corrected chi connectivity index (χ2v) is 11.9. The zero-order valence-corrected chi connectivity index (χ0v) is 27.3. The molecule has 0 bridgehead atoms. The molecule has 1 unspecified atom stereocenters. The summed E-state index contributed by atoms with van der Waals surface area (Å²) in [5.74, 6) is -4.91. The fraction of sp³-hybridized carbons (Fsp3) is 0.378.